The van der Waals surface area contributed by atoms with Gasteiger partial charge in [-0.3, -0.25) is 0 Å². The Morgan fingerprint density at radius 1 is 1.47 bits per heavy atom. The molecule has 0 N–H and O–H groups in total. The molecule has 1 heterocycles. The summed E-state index contributed by atoms with van der Waals surface area (Å²) in [4.78, 5) is 0.0302. The van der Waals surface area contributed by atoms with Crippen molar-refractivity contribution < 1.29 is 17.5 Å². The second kappa shape index (κ2) is 5.09. The predicted octanol–water partition coefficient (Wildman–Crippen LogP) is 2.25. The minimum absolute atomic E-state index is 0.0302. The fraction of sp³-hybridized carbons (Fsp3) is 0.538. The molecule has 1 aliphatic rings. The highest BCUT2D eigenvalue weighted by molar-refractivity contribution is 7.89. The molecule has 0 saturated carbocycles. The minimum atomic E-state index is -3.63. The van der Waals surface area contributed by atoms with Gasteiger partial charge in [-0.15, -0.1) is 0 Å². The van der Waals surface area contributed by atoms with Crippen LogP contribution in [-0.2, 0) is 10.0 Å². The van der Waals surface area contributed by atoms with Crippen LogP contribution in [0.25, 0.3) is 0 Å². The van der Waals surface area contributed by atoms with Crippen LogP contribution in [0.5, 0.6) is 5.75 Å². The largest absolute Gasteiger partial charge is 0.490 e. The van der Waals surface area contributed by atoms with Crippen LogP contribution in [0, 0.1) is 11.7 Å². The Labute approximate surface area is 113 Å². The number of benzene rings is 1. The lowest BCUT2D eigenvalue weighted by Crippen LogP contribution is -2.39. The van der Waals surface area contributed by atoms with E-state index in [-0.39, 0.29) is 23.3 Å². The predicted molar refractivity (Wildman–Crippen MR) is 70.1 cm³/mol. The van der Waals surface area contributed by atoms with Gasteiger partial charge in [-0.2, -0.15) is 4.31 Å². The summed E-state index contributed by atoms with van der Waals surface area (Å²) in [7, 11) is -2.08. The smallest absolute Gasteiger partial charge is 0.246 e. The van der Waals surface area contributed by atoms with E-state index in [1.807, 2.05) is 13.8 Å². The summed E-state index contributed by atoms with van der Waals surface area (Å²) in [5.41, 5.74) is 0. The quantitative estimate of drug-likeness (QED) is 0.838. The minimum Gasteiger partial charge on any atom is -0.490 e. The van der Waals surface area contributed by atoms with Crippen molar-refractivity contribution in [2.24, 2.45) is 5.92 Å². The van der Waals surface area contributed by atoms with Gasteiger partial charge in [0, 0.05) is 13.1 Å². The van der Waals surface area contributed by atoms with E-state index in [0.29, 0.717) is 12.3 Å². The lowest BCUT2D eigenvalue weighted by molar-refractivity contribution is 0.206. The summed E-state index contributed by atoms with van der Waals surface area (Å²) in [6, 6.07) is 3.28. The average Bonchev–Trinajstić information content (AvgIpc) is 2.39. The Balaban J connectivity index is 2.45. The SMILES string of the molecule is CC(C)C[C@@H]1COc2cc(F)ccc2S(=O)(=O)N1C. The highest BCUT2D eigenvalue weighted by Gasteiger charge is 2.34. The van der Waals surface area contributed by atoms with Crippen molar-refractivity contribution in [2.45, 2.75) is 31.2 Å². The lowest BCUT2D eigenvalue weighted by atomic mass is 10.0. The summed E-state index contributed by atoms with van der Waals surface area (Å²) in [6.45, 7) is 4.29. The van der Waals surface area contributed by atoms with Crippen molar-refractivity contribution in [1.82, 2.24) is 4.31 Å². The Morgan fingerprint density at radius 3 is 2.79 bits per heavy atom. The van der Waals surface area contributed by atoms with Crippen LogP contribution >= 0.6 is 0 Å². The van der Waals surface area contributed by atoms with E-state index in [4.69, 9.17) is 4.74 Å². The molecule has 0 saturated heterocycles. The van der Waals surface area contributed by atoms with E-state index >= 15 is 0 Å². The van der Waals surface area contributed by atoms with E-state index in [1.165, 1.54) is 10.4 Å². The fourth-order valence-corrected chi connectivity index (χ4v) is 3.67. The monoisotopic (exact) mass is 287 g/mol. The van der Waals surface area contributed by atoms with Gasteiger partial charge in [0.05, 0.1) is 6.04 Å². The third-order valence-electron chi connectivity index (χ3n) is 3.25. The first kappa shape index (κ1) is 14.3. The third kappa shape index (κ3) is 2.74. The second-order valence-corrected chi connectivity index (χ2v) is 7.17. The second-order valence-electron chi connectivity index (χ2n) is 5.21. The maximum Gasteiger partial charge on any atom is 0.246 e. The normalized spacial score (nSPS) is 22.7. The number of hydrogen-bond donors (Lipinski definition) is 0. The molecule has 0 spiro atoms. The molecule has 0 bridgehead atoms. The van der Waals surface area contributed by atoms with Gasteiger partial charge >= 0.3 is 0 Å². The van der Waals surface area contributed by atoms with Crippen molar-refractivity contribution in [3.05, 3.63) is 24.0 Å². The first-order valence-electron chi connectivity index (χ1n) is 6.22. The topological polar surface area (TPSA) is 46.6 Å². The number of sulfonamides is 1. The molecule has 0 aromatic heterocycles. The van der Waals surface area contributed by atoms with E-state index in [2.05, 4.69) is 0 Å². The Bertz CT molecular complexity index is 571. The summed E-state index contributed by atoms with van der Waals surface area (Å²) in [5, 5.41) is 0. The van der Waals surface area contributed by atoms with Crippen LogP contribution < -0.4 is 4.74 Å². The maximum atomic E-state index is 13.2. The van der Waals surface area contributed by atoms with E-state index in [9.17, 15) is 12.8 Å². The molecule has 1 aromatic carbocycles. The van der Waals surface area contributed by atoms with Gasteiger partial charge in [0.25, 0.3) is 0 Å². The summed E-state index contributed by atoms with van der Waals surface area (Å²) >= 11 is 0. The zero-order valence-corrected chi connectivity index (χ0v) is 12.1. The molecule has 4 nitrogen and oxygen atoms in total. The number of hydrogen-bond acceptors (Lipinski definition) is 3. The van der Waals surface area contributed by atoms with Crippen LogP contribution in [0.1, 0.15) is 20.3 Å². The van der Waals surface area contributed by atoms with Crippen LogP contribution in [0.15, 0.2) is 23.1 Å². The molecule has 106 valence electrons. The van der Waals surface area contributed by atoms with Gasteiger partial charge in [0.1, 0.15) is 23.1 Å². The van der Waals surface area contributed by atoms with Gasteiger partial charge in [-0.25, -0.2) is 12.8 Å². The number of halogens is 1. The van der Waals surface area contributed by atoms with Crippen molar-refractivity contribution in [1.29, 1.82) is 0 Å². The van der Waals surface area contributed by atoms with Crippen LogP contribution in [0.2, 0.25) is 0 Å². The number of nitrogens with zero attached hydrogens (tertiary/aromatic N) is 1. The molecule has 0 fully saturated rings. The molecular formula is C13H18FNO3S. The van der Waals surface area contributed by atoms with Crippen LogP contribution in [0.4, 0.5) is 4.39 Å². The third-order valence-corrected chi connectivity index (χ3v) is 5.20. The van der Waals surface area contributed by atoms with Gasteiger partial charge in [-0.1, -0.05) is 13.8 Å². The molecule has 1 aliphatic heterocycles. The molecule has 19 heavy (non-hydrogen) atoms. The highest BCUT2D eigenvalue weighted by Crippen LogP contribution is 2.32. The molecule has 0 amide bonds. The Hall–Kier alpha value is -1.14. The number of rotatable bonds is 2. The molecule has 0 radical (unpaired) electrons. The van der Waals surface area contributed by atoms with Crippen molar-refractivity contribution >= 4 is 10.0 Å². The van der Waals surface area contributed by atoms with E-state index in [1.54, 1.807) is 7.05 Å². The Kier molecular flexibility index (Phi) is 3.82. The molecular weight excluding hydrogens is 269 g/mol. The molecule has 1 atom stereocenters. The molecule has 0 unspecified atom stereocenters. The highest BCUT2D eigenvalue weighted by atomic mass is 32.2. The van der Waals surface area contributed by atoms with Gasteiger partial charge in [-0.05, 0) is 24.5 Å². The number of likely N-dealkylation sites (N-methyl/N-ethyl adjacent to an activating group) is 1. The van der Waals surface area contributed by atoms with Crippen LogP contribution in [0.3, 0.4) is 0 Å². The molecule has 0 aliphatic carbocycles. The number of fused-ring (bicyclic) bond motifs is 1. The van der Waals surface area contributed by atoms with Gasteiger partial charge < -0.3 is 4.74 Å². The van der Waals surface area contributed by atoms with Crippen molar-refractivity contribution in [3.63, 3.8) is 0 Å². The van der Waals surface area contributed by atoms with Crippen molar-refractivity contribution in [3.8, 4) is 5.75 Å². The van der Waals surface area contributed by atoms with Gasteiger partial charge in [0.15, 0.2) is 0 Å². The van der Waals surface area contributed by atoms with E-state index in [0.717, 1.165) is 12.1 Å². The number of ether oxygens (including phenoxy) is 1. The van der Waals surface area contributed by atoms with E-state index < -0.39 is 15.8 Å². The lowest BCUT2D eigenvalue weighted by Gasteiger charge is -2.25. The van der Waals surface area contributed by atoms with Crippen LogP contribution in [-0.4, -0.2) is 32.4 Å². The standard InChI is InChI=1S/C13H18FNO3S/c1-9(2)6-11-8-18-12-7-10(14)4-5-13(12)19(16,17)15(11)3/h4-5,7,9,11H,6,8H2,1-3H3/t11-/m1/s1. The average molecular weight is 287 g/mol. The van der Waals surface area contributed by atoms with Crippen molar-refractivity contribution in [2.75, 3.05) is 13.7 Å². The molecule has 1 aromatic rings. The zero-order chi connectivity index (χ0) is 14.2. The van der Waals surface area contributed by atoms with Gasteiger partial charge in [0.2, 0.25) is 10.0 Å². The first-order chi connectivity index (χ1) is 8.82. The Morgan fingerprint density at radius 2 is 2.16 bits per heavy atom. The summed E-state index contributed by atoms with van der Waals surface area (Å²) in [5.74, 6) is -0.0544. The molecule has 6 heteroatoms. The fourth-order valence-electron chi connectivity index (χ4n) is 2.21. The summed E-state index contributed by atoms with van der Waals surface area (Å²) in [6.07, 6.45) is 0.701. The molecule has 2 rings (SSSR count). The maximum absolute atomic E-state index is 13.2. The summed E-state index contributed by atoms with van der Waals surface area (Å²) < 4.78 is 44.9. The first-order valence-corrected chi connectivity index (χ1v) is 7.66. The zero-order valence-electron chi connectivity index (χ0n) is 11.3.